The molecular formula is C21H20ClN3OS. The zero-order valence-corrected chi connectivity index (χ0v) is 16.3. The Bertz CT molecular complexity index is 920. The number of imidazole rings is 1. The standard InChI is InChI=1S/C21H20ClN3OS/c22-17-8-6-16(7-9-17)19-12-23-21(27-14-20(26)24-18-10-11-18)25(19)13-15-4-2-1-3-5-15/h1-9,12,18H,10-11,13-14H2,(H,24,26). The molecule has 0 aliphatic heterocycles. The molecule has 1 aliphatic carbocycles. The van der Waals surface area contributed by atoms with Gasteiger partial charge < -0.3 is 9.88 Å². The van der Waals surface area contributed by atoms with Gasteiger partial charge in [-0.2, -0.15) is 0 Å². The van der Waals surface area contributed by atoms with Gasteiger partial charge in [0.15, 0.2) is 5.16 Å². The van der Waals surface area contributed by atoms with Crippen LogP contribution in [0.4, 0.5) is 0 Å². The Morgan fingerprint density at radius 3 is 2.59 bits per heavy atom. The summed E-state index contributed by atoms with van der Waals surface area (Å²) in [4.78, 5) is 16.7. The predicted molar refractivity (Wildman–Crippen MR) is 110 cm³/mol. The number of amides is 1. The molecule has 3 aromatic rings. The first-order valence-corrected chi connectivity index (χ1v) is 10.3. The smallest absolute Gasteiger partial charge is 0.230 e. The SMILES string of the molecule is O=C(CSc1ncc(-c2ccc(Cl)cc2)n1Cc1ccccc1)NC1CC1. The quantitative estimate of drug-likeness (QED) is 0.591. The molecule has 6 heteroatoms. The van der Waals surface area contributed by atoms with Crippen molar-refractivity contribution in [3.05, 3.63) is 71.4 Å². The maximum Gasteiger partial charge on any atom is 0.230 e. The normalized spacial score (nSPS) is 13.5. The fourth-order valence-electron chi connectivity index (χ4n) is 2.87. The second kappa shape index (κ2) is 8.19. The molecule has 0 spiro atoms. The van der Waals surface area contributed by atoms with Crippen molar-refractivity contribution in [1.82, 2.24) is 14.9 Å². The van der Waals surface area contributed by atoms with Gasteiger partial charge in [0, 0.05) is 11.1 Å². The number of thioether (sulfide) groups is 1. The minimum atomic E-state index is 0.0739. The van der Waals surface area contributed by atoms with Crippen LogP contribution in [0.1, 0.15) is 18.4 Å². The van der Waals surface area contributed by atoms with Gasteiger partial charge in [0.05, 0.1) is 24.2 Å². The summed E-state index contributed by atoms with van der Waals surface area (Å²) in [5.41, 5.74) is 3.26. The van der Waals surface area contributed by atoms with Crippen molar-refractivity contribution in [3.8, 4) is 11.3 Å². The Hall–Kier alpha value is -2.24. The molecule has 1 fully saturated rings. The monoisotopic (exact) mass is 397 g/mol. The van der Waals surface area contributed by atoms with Crippen LogP contribution >= 0.6 is 23.4 Å². The lowest BCUT2D eigenvalue weighted by molar-refractivity contribution is -0.118. The molecule has 1 saturated carbocycles. The Balaban J connectivity index is 1.59. The largest absolute Gasteiger partial charge is 0.353 e. The first kappa shape index (κ1) is 18.1. The van der Waals surface area contributed by atoms with Gasteiger partial charge >= 0.3 is 0 Å². The van der Waals surface area contributed by atoms with Crippen molar-refractivity contribution >= 4 is 29.3 Å². The van der Waals surface area contributed by atoms with Crippen molar-refractivity contribution in [2.45, 2.75) is 30.6 Å². The topological polar surface area (TPSA) is 46.9 Å². The highest BCUT2D eigenvalue weighted by molar-refractivity contribution is 7.99. The molecule has 0 saturated heterocycles. The highest BCUT2D eigenvalue weighted by atomic mass is 35.5. The summed E-state index contributed by atoms with van der Waals surface area (Å²) in [5.74, 6) is 0.451. The van der Waals surface area contributed by atoms with Crippen molar-refractivity contribution < 1.29 is 4.79 Å². The average Bonchev–Trinajstić information content (AvgIpc) is 3.41. The Labute approximate surface area is 168 Å². The van der Waals surface area contributed by atoms with E-state index >= 15 is 0 Å². The number of carbonyl (C=O) groups excluding carboxylic acids is 1. The molecule has 1 heterocycles. The Kier molecular flexibility index (Phi) is 5.50. The van der Waals surface area contributed by atoms with Gasteiger partial charge in [0.2, 0.25) is 5.91 Å². The van der Waals surface area contributed by atoms with E-state index in [0.29, 0.717) is 23.4 Å². The van der Waals surface area contributed by atoms with Crippen LogP contribution in [0.25, 0.3) is 11.3 Å². The molecule has 27 heavy (non-hydrogen) atoms. The minimum absolute atomic E-state index is 0.0739. The molecule has 138 valence electrons. The number of hydrogen-bond donors (Lipinski definition) is 1. The van der Waals surface area contributed by atoms with Gasteiger partial charge in [-0.3, -0.25) is 4.79 Å². The van der Waals surface area contributed by atoms with Gasteiger partial charge in [0.1, 0.15) is 0 Å². The number of carbonyl (C=O) groups is 1. The van der Waals surface area contributed by atoms with Crippen LogP contribution in [0.5, 0.6) is 0 Å². The summed E-state index contributed by atoms with van der Waals surface area (Å²) >= 11 is 7.51. The molecule has 1 amide bonds. The molecule has 4 nitrogen and oxygen atoms in total. The van der Waals surface area contributed by atoms with Crippen molar-refractivity contribution in [1.29, 1.82) is 0 Å². The molecule has 1 aliphatic rings. The summed E-state index contributed by atoms with van der Waals surface area (Å²) in [6.07, 6.45) is 4.06. The van der Waals surface area contributed by atoms with Crippen LogP contribution < -0.4 is 5.32 Å². The molecular weight excluding hydrogens is 378 g/mol. The molecule has 0 atom stereocenters. The average molecular weight is 398 g/mol. The number of hydrogen-bond acceptors (Lipinski definition) is 3. The highest BCUT2D eigenvalue weighted by Gasteiger charge is 2.23. The summed E-state index contributed by atoms with van der Waals surface area (Å²) in [5, 5.41) is 4.58. The maximum absolute atomic E-state index is 12.1. The fraction of sp³-hybridized carbons (Fsp3) is 0.238. The van der Waals surface area contributed by atoms with E-state index in [9.17, 15) is 4.79 Å². The van der Waals surface area contributed by atoms with E-state index in [-0.39, 0.29) is 5.91 Å². The summed E-state index contributed by atoms with van der Waals surface area (Å²) in [6.45, 7) is 0.700. The highest BCUT2D eigenvalue weighted by Crippen LogP contribution is 2.28. The predicted octanol–water partition coefficient (Wildman–Crippen LogP) is 4.62. The van der Waals surface area contributed by atoms with Crippen molar-refractivity contribution in [3.63, 3.8) is 0 Å². The number of benzene rings is 2. The van der Waals surface area contributed by atoms with Gasteiger partial charge in [-0.25, -0.2) is 4.98 Å². The zero-order chi connectivity index (χ0) is 18.6. The van der Waals surface area contributed by atoms with Crippen LogP contribution in [0, 0.1) is 0 Å². The lowest BCUT2D eigenvalue weighted by Crippen LogP contribution is -2.27. The van der Waals surface area contributed by atoms with Crippen LogP contribution in [0.15, 0.2) is 66.0 Å². The molecule has 2 aromatic carbocycles. The number of nitrogens with zero attached hydrogens (tertiary/aromatic N) is 2. The molecule has 0 radical (unpaired) electrons. The van der Waals surface area contributed by atoms with Gasteiger partial charge in [0.25, 0.3) is 0 Å². The first-order valence-electron chi connectivity index (χ1n) is 8.96. The third-order valence-corrected chi connectivity index (χ3v) is 5.66. The lowest BCUT2D eigenvalue weighted by Gasteiger charge is -2.12. The van der Waals surface area contributed by atoms with Gasteiger partial charge in [-0.1, -0.05) is 65.8 Å². The minimum Gasteiger partial charge on any atom is -0.353 e. The number of halogens is 1. The van der Waals surface area contributed by atoms with E-state index < -0.39 is 0 Å². The van der Waals surface area contributed by atoms with E-state index in [2.05, 4.69) is 27.0 Å². The fourth-order valence-corrected chi connectivity index (χ4v) is 3.79. The number of aromatic nitrogens is 2. The van der Waals surface area contributed by atoms with Crippen molar-refractivity contribution in [2.24, 2.45) is 0 Å². The third-order valence-electron chi connectivity index (χ3n) is 4.42. The van der Waals surface area contributed by atoms with E-state index in [0.717, 1.165) is 29.3 Å². The second-order valence-corrected chi connectivity index (χ2v) is 8.01. The molecule has 1 aromatic heterocycles. The number of nitrogens with one attached hydrogen (secondary N) is 1. The zero-order valence-electron chi connectivity index (χ0n) is 14.8. The van der Waals surface area contributed by atoms with E-state index in [1.54, 1.807) is 0 Å². The van der Waals surface area contributed by atoms with Crippen LogP contribution in [0.3, 0.4) is 0 Å². The van der Waals surface area contributed by atoms with E-state index in [1.807, 2.05) is 48.7 Å². The molecule has 0 unspecified atom stereocenters. The van der Waals surface area contributed by atoms with E-state index in [4.69, 9.17) is 11.6 Å². The molecule has 1 N–H and O–H groups in total. The molecule has 0 bridgehead atoms. The Morgan fingerprint density at radius 1 is 1.15 bits per heavy atom. The second-order valence-electron chi connectivity index (χ2n) is 6.64. The summed E-state index contributed by atoms with van der Waals surface area (Å²) < 4.78 is 2.16. The van der Waals surface area contributed by atoms with Crippen LogP contribution in [-0.4, -0.2) is 27.3 Å². The summed E-state index contributed by atoms with van der Waals surface area (Å²) in [7, 11) is 0. The third kappa shape index (κ3) is 4.73. The number of rotatable bonds is 7. The Morgan fingerprint density at radius 2 is 1.89 bits per heavy atom. The maximum atomic E-state index is 12.1. The molecule has 4 rings (SSSR count). The van der Waals surface area contributed by atoms with Gasteiger partial charge in [-0.05, 0) is 36.1 Å². The van der Waals surface area contributed by atoms with Gasteiger partial charge in [-0.15, -0.1) is 0 Å². The summed E-state index contributed by atoms with van der Waals surface area (Å²) in [6, 6.07) is 18.4. The first-order chi connectivity index (χ1) is 13.2. The van der Waals surface area contributed by atoms with Crippen LogP contribution in [-0.2, 0) is 11.3 Å². The van der Waals surface area contributed by atoms with Crippen molar-refractivity contribution in [2.75, 3.05) is 5.75 Å². The van der Waals surface area contributed by atoms with Crippen LogP contribution in [0.2, 0.25) is 5.02 Å². The van der Waals surface area contributed by atoms with E-state index in [1.165, 1.54) is 17.3 Å². The lowest BCUT2D eigenvalue weighted by atomic mass is 10.1.